The molecule has 0 bridgehead atoms. The number of nitrogens with one attached hydrogen (secondary N) is 1. The number of para-hydroxylation sites is 1. The number of aromatic nitrogens is 1. The second kappa shape index (κ2) is 8.05. The Bertz CT molecular complexity index is 1460. The van der Waals surface area contributed by atoms with Gasteiger partial charge in [-0.3, -0.25) is 9.69 Å². The maximum Gasteiger partial charge on any atom is 0.501 e. The van der Waals surface area contributed by atoms with Crippen LogP contribution < -0.4 is 15.1 Å². The van der Waals surface area contributed by atoms with Gasteiger partial charge in [0.2, 0.25) is 0 Å². The molecule has 2 fully saturated rings. The minimum Gasteiger partial charge on any atom is -0.340 e. The lowest BCUT2D eigenvalue weighted by Crippen LogP contribution is -2.39. The molecule has 1 spiro atoms. The predicted molar refractivity (Wildman–Crippen MR) is 126 cm³/mol. The first kappa shape index (κ1) is 23.8. The summed E-state index contributed by atoms with van der Waals surface area (Å²) in [6.45, 7) is 1.82. The summed E-state index contributed by atoms with van der Waals surface area (Å²) in [5.41, 5.74) is -5.44. The molecule has 5 rings (SSSR count). The summed E-state index contributed by atoms with van der Waals surface area (Å²) < 4.78 is 62.0. The van der Waals surface area contributed by atoms with Crippen molar-refractivity contribution in [1.82, 2.24) is 4.98 Å². The van der Waals surface area contributed by atoms with Gasteiger partial charge in [-0.2, -0.15) is 13.2 Å². The maximum absolute atomic E-state index is 13.5. The lowest BCUT2D eigenvalue weighted by Gasteiger charge is -2.22. The number of hydrogen-bond donors (Lipinski definition) is 1. The molecule has 186 valence electrons. The van der Waals surface area contributed by atoms with Crippen molar-refractivity contribution >= 4 is 44.7 Å². The number of carbonyl (C=O) groups excluding carboxylic acids is 2. The van der Waals surface area contributed by atoms with E-state index in [9.17, 15) is 31.2 Å². The highest BCUT2D eigenvalue weighted by Gasteiger charge is 2.70. The summed E-state index contributed by atoms with van der Waals surface area (Å²) in [4.78, 5) is 32.5. The highest BCUT2D eigenvalue weighted by Crippen LogP contribution is 2.55. The van der Waals surface area contributed by atoms with Crippen LogP contribution in [0.3, 0.4) is 0 Å². The van der Waals surface area contributed by atoms with Crippen LogP contribution in [-0.4, -0.2) is 36.4 Å². The van der Waals surface area contributed by atoms with Crippen LogP contribution in [0.15, 0.2) is 77.8 Å². The van der Waals surface area contributed by atoms with E-state index in [4.69, 9.17) is 0 Å². The number of halogens is 3. The fourth-order valence-corrected chi connectivity index (χ4v) is 5.20. The molecule has 1 saturated carbocycles. The second-order valence-electron chi connectivity index (χ2n) is 8.62. The van der Waals surface area contributed by atoms with E-state index in [1.807, 2.05) is 37.3 Å². The third kappa shape index (κ3) is 3.60. The Morgan fingerprint density at radius 2 is 1.64 bits per heavy atom. The van der Waals surface area contributed by atoms with E-state index in [1.165, 1.54) is 11.1 Å². The van der Waals surface area contributed by atoms with Gasteiger partial charge in [-0.05, 0) is 54.8 Å². The first-order valence-electron chi connectivity index (χ1n) is 10.8. The second-order valence-corrected chi connectivity index (χ2v) is 10.6. The minimum atomic E-state index is -5.56. The van der Waals surface area contributed by atoms with Crippen molar-refractivity contribution in [3.63, 3.8) is 0 Å². The summed E-state index contributed by atoms with van der Waals surface area (Å²) in [5.74, 6) is -0.245. The number of pyridine rings is 1. The van der Waals surface area contributed by atoms with E-state index in [0.717, 1.165) is 34.9 Å². The summed E-state index contributed by atoms with van der Waals surface area (Å²) in [5, 5.41) is 3.13. The number of carbonyl (C=O) groups is 2. The number of sulfone groups is 1. The molecule has 2 aromatic carbocycles. The lowest BCUT2D eigenvalue weighted by atomic mass is 10.1. The summed E-state index contributed by atoms with van der Waals surface area (Å²) in [7, 11) is -5.56. The molecule has 3 amide bonds. The van der Waals surface area contributed by atoms with E-state index in [-0.39, 0.29) is 11.6 Å². The van der Waals surface area contributed by atoms with Crippen molar-refractivity contribution in [3.05, 3.63) is 72.9 Å². The van der Waals surface area contributed by atoms with Crippen LogP contribution in [-0.2, 0) is 14.6 Å². The predicted octanol–water partition coefficient (Wildman–Crippen LogP) is 4.87. The number of alkyl halides is 3. The van der Waals surface area contributed by atoms with Gasteiger partial charge in [-0.25, -0.2) is 23.1 Å². The Kier molecular flexibility index (Phi) is 5.32. The highest BCUT2D eigenvalue weighted by molar-refractivity contribution is 7.92. The Morgan fingerprint density at radius 3 is 2.22 bits per heavy atom. The third-order valence-corrected chi connectivity index (χ3v) is 7.89. The van der Waals surface area contributed by atoms with Crippen molar-refractivity contribution < 1.29 is 31.2 Å². The van der Waals surface area contributed by atoms with Gasteiger partial charge in [0.25, 0.3) is 15.7 Å². The number of benzene rings is 2. The Labute approximate surface area is 204 Å². The molecule has 12 heteroatoms. The highest BCUT2D eigenvalue weighted by atomic mass is 32.2. The van der Waals surface area contributed by atoms with Crippen LogP contribution in [0.4, 0.5) is 40.8 Å². The smallest absolute Gasteiger partial charge is 0.340 e. The Balaban J connectivity index is 1.49. The number of anilines is 4. The van der Waals surface area contributed by atoms with E-state index in [0.29, 0.717) is 17.9 Å². The SMILES string of the molecule is CC1CC12C(=O)N(c1ccc(S(=O)(=O)C(F)(F)F)cc1)C(=O)N2c1ccnc(Nc2ccccc2)c1. The molecule has 1 aromatic heterocycles. The van der Waals surface area contributed by atoms with Gasteiger partial charge in [0.15, 0.2) is 0 Å². The molecule has 8 nitrogen and oxygen atoms in total. The van der Waals surface area contributed by atoms with Crippen molar-refractivity contribution in [2.75, 3.05) is 15.1 Å². The summed E-state index contributed by atoms with van der Waals surface area (Å²) in [6, 6.07) is 15.3. The third-order valence-electron chi connectivity index (χ3n) is 6.39. The topological polar surface area (TPSA) is 99.7 Å². The average Bonchev–Trinajstić information content (AvgIpc) is 3.44. The summed E-state index contributed by atoms with van der Waals surface area (Å²) >= 11 is 0. The van der Waals surface area contributed by atoms with Gasteiger partial charge in [0.05, 0.1) is 16.3 Å². The first-order chi connectivity index (χ1) is 17.0. The fourth-order valence-electron chi connectivity index (χ4n) is 4.44. The quantitative estimate of drug-likeness (QED) is 0.486. The fraction of sp³-hybridized carbons (Fsp3) is 0.208. The zero-order valence-corrected chi connectivity index (χ0v) is 19.5. The molecule has 3 aromatic rings. The maximum atomic E-state index is 13.5. The molecule has 1 N–H and O–H groups in total. The van der Waals surface area contributed by atoms with Crippen LogP contribution >= 0.6 is 0 Å². The molecule has 1 aliphatic heterocycles. The number of rotatable bonds is 5. The number of urea groups is 1. The zero-order chi connectivity index (χ0) is 25.9. The number of nitrogens with zero attached hydrogens (tertiary/aromatic N) is 3. The van der Waals surface area contributed by atoms with Crippen LogP contribution in [0.1, 0.15) is 13.3 Å². The number of imide groups is 1. The lowest BCUT2D eigenvalue weighted by molar-refractivity contribution is -0.119. The van der Waals surface area contributed by atoms with Crippen LogP contribution in [0.2, 0.25) is 0 Å². The van der Waals surface area contributed by atoms with Gasteiger partial charge in [-0.1, -0.05) is 25.1 Å². The minimum absolute atomic E-state index is 0.0243. The number of hydrogen-bond acceptors (Lipinski definition) is 6. The molecule has 1 saturated heterocycles. The van der Waals surface area contributed by atoms with E-state index >= 15 is 0 Å². The van der Waals surface area contributed by atoms with Crippen molar-refractivity contribution in [1.29, 1.82) is 0 Å². The molecule has 36 heavy (non-hydrogen) atoms. The molecule has 2 atom stereocenters. The molecule has 2 aliphatic rings. The number of amides is 3. The van der Waals surface area contributed by atoms with Crippen molar-refractivity contribution in [2.24, 2.45) is 5.92 Å². The van der Waals surface area contributed by atoms with Gasteiger partial charge in [-0.15, -0.1) is 0 Å². The Hall–Kier alpha value is -3.93. The van der Waals surface area contributed by atoms with Gasteiger partial charge >= 0.3 is 11.5 Å². The molecular formula is C24H19F3N4O4S. The van der Waals surface area contributed by atoms with E-state index in [1.54, 1.807) is 12.1 Å². The van der Waals surface area contributed by atoms with E-state index < -0.39 is 37.7 Å². The molecular weight excluding hydrogens is 497 g/mol. The largest absolute Gasteiger partial charge is 0.501 e. The summed E-state index contributed by atoms with van der Waals surface area (Å²) in [6.07, 6.45) is 1.90. The molecule has 2 heterocycles. The van der Waals surface area contributed by atoms with Crippen molar-refractivity contribution in [2.45, 2.75) is 29.3 Å². The van der Waals surface area contributed by atoms with Crippen LogP contribution in [0.25, 0.3) is 0 Å². The zero-order valence-electron chi connectivity index (χ0n) is 18.7. The Morgan fingerprint density at radius 1 is 1.00 bits per heavy atom. The monoisotopic (exact) mass is 516 g/mol. The van der Waals surface area contributed by atoms with E-state index in [2.05, 4.69) is 10.3 Å². The molecule has 0 radical (unpaired) electrons. The van der Waals surface area contributed by atoms with Crippen LogP contribution in [0, 0.1) is 5.92 Å². The van der Waals surface area contributed by atoms with Gasteiger partial charge < -0.3 is 5.32 Å². The van der Waals surface area contributed by atoms with Gasteiger partial charge in [0.1, 0.15) is 11.4 Å². The average molecular weight is 517 g/mol. The normalized spacial score (nSPS) is 21.8. The van der Waals surface area contributed by atoms with Gasteiger partial charge in [0, 0.05) is 18.0 Å². The standard InChI is InChI=1S/C24H19F3N4O4S/c1-15-14-23(15)21(32)30(17-7-9-19(10-8-17)36(34,35)24(25,26)27)22(33)31(23)18-11-12-28-20(13-18)29-16-5-3-2-4-6-16/h2-13,15H,14H2,1H3,(H,28,29). The molecule has 2 unspecified atom stereocenters. The van der Waals surface area contributed by atoms with Crippen LogP contribution in [0.5, 0.6) is 0 Å². The molecule has 1 aliphatic carbocycles. The first-order valence-corrected chi connectivity index (χ1v) is 12.3. The van der Waals surface area contributed by atoms with Crippen molar-refractivity contribution in [3.8, 4) is 0 Å².